The molecule has 6 nitrogen and oxygen atoms in total. The van der Waals surface area contributed by atoms with Gasteiger partial charge in [-0.25, -0.2) is 13.2 Å². The van der Waals surface area contributed by atoms with Gasteiger partial charge in [-0.05, 0) is 45.8 Å². The zero-order chi connectivity index (χ0) is 21.0. The molecular formula is C20H16BrClN2O4S. The number of carbonyl (C=O) groups is 1. The summed E-state index contributed by atoms with van der Waals surface area (Å²) in [4.78, 5) is 11.9. The lowest BCUT2D eigenvalue weighted by molar-refractivity contribution is 0.262. The van der Waals surface area contributed by atoms with Crippen LogP contribution in [0.5, 0.6) is 5.75 Å². The predicted molar refractivity (Wildman–Crippen MR) is 117 cm³/mol. The Morgan fingerprint density at radius 1 is 0.931 bits per heavy atom. The first-order valence-corrected chi connectivity index (χ1v) is 11.2. The van der Waals surface area contributed by atoms with E-state index in [0.717, 1.165) is 0 Å². The molecule has 0 unspecified atom stereocenters. The molecule has 0 atom stereocenters. The molecule has 0 aliphatic heterocycles. The number of sulfone groups is 1. The molecule has 29 heavy (non-hydrogen) atoms. The summed E-state index contributed by atoms with van der Waals surface area (Å²) in [6, 6.07) is 17.5. The molecule has 0 aliphatic rings. The van der Waals surface area contributed by atoms with Crippen molar-refractivity contribution in [2.24, 2.45) is 0 Å². The Balaban J connectivity index is 1.87. The number of rotatable bonds is 5. The van der Waals surface area contributed by atoms with Crippen LogP contribution in [-0.4, -0.2) is 19.6 Å². The Morgan fingerprint density at radius 2 is 1.55 bits per heavy atom. The molecule has 3 N–H and O–H groups in total. The highest BCUT2D eigenvalue weighted by Crippen LogP contribution is 2.38. The number of phenolic OH excluding ortho intramolecular Hbond substituents is 1. The number of benzene rings is 3. The van der Waals surface area contributed by atoms with E-state index in [9.17, 15) is 18.3 Å². The average molecular weight is 496 g/mol. The van der Waals surface area contributed by atoms with Crippen LogP contribution in [0.15, 0.2) is 76.1 Å². The minimum Gasteiger partial charge on any atom is -0.504 e. The van der Waals surface area contributed by atoms with Crippen molar-refractivity contribution >= 4 is 54.8 Å². The van der Waals surface area contributed by atoms with Crippen LogP contribution >= 0.6 is 27.5 Å². The van der Waals surface area contributed by atoms with Gasteiger partial charge in [-0.2, -0.15) is 0 Å². The first kappa shape index (κ1) is 21.2. The fraction of sp³-hybridized carbons (Fsp3) is 0.0500. The van der Waals surface area contributed by atoms with Crippen molar-refractivity contribution in [2.75, 3.05) is 10.6 Å². The van der Waals surface area contributed by atoms with Crippen LogP contribution in [0, 0.1) is 0 Å². The first-order chi connectivity index (χ1) is 13.8. The minimum atomic E-state index is -3.96. The topological polar surface area (TPSA) is 95.5 Å². The highest BCUT2D eigenvalue weighted by atomic mass is 79.9. The van der Waals surface area contributed by atoms with Gasteiger partial charge >= 0.3 is 6.03 Å². The lowest BCUT2D eigenvalue weighted by Crippen LogP contribution is -2.20. The molecule has 0 bridgehead atoms. The maximum atomic E-state index is 12.8. The van der Waals surface area contributed by atoms with Crippen molar-refractivity contribution in [2.45, 2.75) is 10.6 Å². The van der Waals surface area contributed by atoms with E-state index in [1.54, 1.807) is 54.6 Å². The molecule has 3 aromatic rings. The number of aromatic hydroxyl groups is 1. The molecular weight excluding hydrogens is 480 g/mol. The van der Waals surface area contributed by atoms with Crippen LogP contribution in [0.3, 0.4) is 0 Å². The van der Waals surface area contributed by atoms with Crippen LogP contribution in [0.1, 0.15) is 5.56 Å². The standard InChI is InChI=1S/C20H16BrClN2O4S/c21-14-8-4-5-9-16(14)23-20(26)24-17-11-10-15(22)19(18(17)25)29(27,28)12-13-6-2-1-3-7-13/h1-11,25H,12H2,(H2,23,24,26). The van der Waals surface area contributed by atoms with Gasteiger partial charge in [0.1, 0.15) is 4.90 Å². The number of hydrogen-bond acceptors (Lipinski definition) is 4. The van der Waals surface area contributed by atoms with Gasteiger partial charge in [0.15, 0.2) is 15.6 Å². The Bertz CT molecular complexity index is 1150. The van der Waals surface area contributed by atoms with Crippen molar-refractivity contribution in [1.82, 2.24) is 0 Å². The monoisotopic (exact) mass is 494 g/mol. The number of anilines is 2. The summed E-state index contributed by atoms with van der Waals surface area (Å²) < 4.78 is 26.3. The molecule has 150 valence electrons. The van der Waals surface area contributed by atoms with E-state index >= 15 is 0 Å². The molecule has 9 heteroatoms. The van der Waals surface area contributed by atoms with Gasteiger partial charge in [0.2, 0.25) is 0 Å². The van der Waals surface area contributed by atoms with Gasteiger partial charge in [0.05, 0.1) is 22.2 Å². The number of nitrogens with one attached hydrogen (secondary N) is 2. The van der Waals surface area contributed by atoms with E-state index in [-0.39, 0.29) is 16.5 Å². The zero-order valence-corrected chi connectivity index (χ0v) is 18.1. The van der Waals surface area contributed by atoms with E-state index in [1.807, 2.05) is 0 Å². The number of urea groups is 1. The number of phenols is 1. The van der Waals surface area contributed by atoms with Crippen LogP contribution in [0.25, 0.3) is 0 Å². The maximum absolute atomic E-state index is 12.8. The molecule has 0 saturated carbocycles. The molecule has 3 aromatic carbocycles. The predicted octanol–water partition coefficient (Wildman–Crippen LogP) is 5.43. The molecule has 0 heterocycles. The summed E-state index contributed by atoms with van der Waals surface area (Å²) in [5.74, 6) is -0.955. The highest BCUT2D eigenvalue weighted by Gasteiger charge is 2.26. The number of hydrogen-bond donors (Lipinski definition) is 3. The zero-order valence-electron chi connectivity index (χ0n) is 14.9. The lowest BCUT2D eigenvalue weighted by atomic mass is 10.2. The third-order valence-electron chi connectivity index (χ3n) is 3.96. The van der Waals surface area contributed by atoms with Crippen LogP contribution in [0.2, 0.25) is 5.02 Å². The Hall–Kier alpha value is -2.55. The van der Waals surface area contributed by atoms with E-state index in [1.165, 1.54) is 12.1 Å². The average Bonchev–Trinajstić information content (AvgIpc) is 2.66. The fourth-order valence-electron chi connectivity index (χ4n) is 2.65. The first-order valence-electron chi connectivity index (χ1n) is 8.38. The SMILES string of the molecule is O=C(Nc1ccccc1Br)Nc1ccc(Cl)c(S(=O)(=O)Cc2ccccc2)c1O. The van der Waals surface area contributed by atoms with Crippen LogP contribution < -0.4 is 10.6 Å². The van der Waals surface area contributed by atoms with Gasteiger partial charge in [0.25, 0.3) is 0 Å². The Kier molecular flexibility index (Phi) is 6.46. The van der Waals surface area contributed by atoms with Crippen molar-refractivity contribution in [1.29, 1.82) is 0 Å². The Morgan fingerprint density at radius 3 is 2.24 bits per heavy atom. The van der Waals surface area contributed by atoms with Crippen molar-refractivity contribution in [3.63, 3.8) is 0 Å². The summed E-state index contributed by atoms with van der Waals surface area (Å²) in [5.41, 5.74) is 0.981. The molecule has 3 rings (SSSR count). The normalized spacial score (nSPS) is 11.1. The van der Waals surface area contributed by atoms with Crippen LogP contribution in [-0.2, 0) is 15.6 Å². The number of amides is 2. The largest absolute Gasteiger partial charge is 0.504 e. The fourth-order valence-corrected chi connectivity index (χ4v) is 5.08. The number of halogens is 2. The van der Waals surface area contributed by atoms with Crippen molar-refractivity contribution in [3.8, 4) is 5.75 Å². The lowest BCUT2D eigenvalue weighted by Gasteiger charge is -2.14. The molecule has 0 spiro atoms. The summed E-state index contributed by atoms with van der Waals surface area (Å²) in [5, 5.41) is 15.5. The van der Waals surface area contributed by atoms with Gasteiger partial charge in [-0.3, -0.25) is 0 Å². The van der Waals surface area contributed by atoms with Gasteiger partial charge < -0.3 is 15.7 Å². The van der Waals surface area contributed by atoms with E-state index in [4.69, 9.17) is 11.6 Å². The molecule has 0 radical (unpaired) electrons. The summed E-state index contributed by atoms with van der Waals surface area (Å²) in [6.07, 6.45) is 0. The van der Waals surface area contributed by atoms with E-state index < -0.39 is 26.5 Å². The smallest absolute Gasteiger partial charge is 0.323 e. The summed E-state index contributed by atoms with van der Waals surface area (Å²) >= 11 is 9.38. The molecule has 0 aliphatic carbocycles. The van der Waals surface area contributed by atoms with Gasteiger partial charge in [-0.15, -0.1) is 0 Å². The van der Waals surface area contributed by atoms with Gasteiger partial charge in [-0.1, -0.05) is 54.1 Å². The Labute approximate surface area is 181 Å². The molecule has 2 amide bonds. The van der Waals surface area contributed by atoms with Crippen molar-refractivity contribution in [3.05, 3.63) is 81.8 Å². The third-order valence-corrected chi connectivity index (χ3v) is 6.83. The molecule has 0 aromatic heterocycles. The third kappa shape index (κ3) is 5.09. The minimum absolute atomic E-state index is 0.0782. The number of carbonyl (C=O) groups excluding carboxylic acids is 1. The second-order valence-electron chi connectivity index (χ2n) is 6.08. The molecule has 0 saturated heterocycles. The van der Waals surface area contributed by atoms with E-state index in [2.05, 4.69) is 26.6 Å². The van der Waals surface area contributed by atoms with Gasteiger partial charge in [0, 0.05) is 4.47 Å². The van der Waals surface area contributed by atoms with E-state index in [0.29, 0.717) is 15.7 Å². The molecule has 0 fully saturated rings. The van der Waals surface area contributed by atoms with Crippen molar-refractivity contribution < 1.29 is 18.3 Å². The van der Waals surface area contributed by atoms with Crippen LogP contribution in [0.4, 0.5) is 16.2 Å². The summed E-state index contributed by atoms with van der Waals surface area (Å²) in [7, 11) is -3.96. The second-order valence-corrected chi connectivity index (χ2v) is 9.26. The summed E-state index contributed by atoms with van der Waals surface area (Å²) in [6.45, 7) is 0. The quantitative estimate of drug-likeness (QED) is 0.412. The number of para-hydroxylation sites is 1. The highest BCUT2D eigenvalue weighted by molar-refractivity contribution is 9.10. The second kappa shape index (κ2) is 8.86. The maximum Gasteiger partial charge on any atom is 0.323 e.